The molecule has 1 fully saturated rings. The minimum absolute atomic E-state index is 0.228. The summed E-state index contributed by atoms with van der Waals surface area (Å²) in [4.78, 5) is 37.4. The third kappa shape index (κ3) is 5.45. The van der Waals surface area contributed by atoms with Crippen molar-refractivity contribution in [3.8, 4) is 0 Å². The number of ether oxygens (including phenoxy) is 2. The zero-order chi connectivity index (χ0) is 23.0. The van der Waals surface area contributed by atoms with Gasteiger partial charge in [0.25, 0.3) is 0 Å². The lowest BCUT2D eigenvalue weighted by molar-refractivity contribution is -0.173. The lowest BCUT2D eigenvalue weighted by Crippen LogP contribution is -2.54. The van der Waals surface area contributed by atoms with E-state index in [-0.39, 0.29) is 13.0 Å². The Morgan fingerprint density at radius 1 is 1.29 bits per heavy atom. The van der Waals surface area contributed by atoms with E-state index in [9.17, 15) is 9.59 Å². The minimum atomic E-state index is -0.896. The first-order valence-electron chi connectivity index (χ1n) is 10.2. The van der Waals surface area contributed by atoms with Crippen molar-refractivity contribution in [1.29, 1.82) is 0 Å². The molecule has 1 aromatic carbocycles. The van der Waals surface area contributed by atoms with Gasteiger partial charge in [-0.25, -0.2) is 14.6 Å². The number of benzene rings is 1. The molecule has 2 heterocycles. The first kappa shape index (κ1) is 23.3. The summed E-state index contributed by atoms with van der Waals surface area (Å²) >= 11 is 6.13. The second-order valence-corrected chi connectivity index (χ2v) is 10.2. The van der Waals surface area contributed by atoms with Crippen molar-refractivity contribution in [1.82, 2.24) is 14.9 Å². The van der Waals surface area contributed by atoms with Crippen LogP contribution in [0.25, 0.3) is 11.0 Å². The smallest absolute Gasteiger partial charge is 0.412 e. The van der Waals surface area contributed by atoms with Crippen LogP contribution in [0.4, 0.5) is 4.79 Å². The Hall–Kier alpha value is -2.41. The van der Waals surface area contributed by atoms with Crippen molar-refractivity contribution >= 4 is 34.8 Å². The number of H-pyrrole nitrogens is 1. The Bertz CT molecular complexity index is 1020. The van der Waals surface area contributed by atoms with E-state index in [0.717, 1.165) is 11.0 Å². The van der Waals surface area contributed by atoms with E-state index < -0.39 is 29.1 Å². The molecule has 0 aliphatic carbocycles. The topological polar surface area (TPSA) is 96.9 Å². The van der Waals surface area contributed by atoms with Crippen LogP contribution in [0.3, 0.4) is 0 Å². The van der Waals surface area contributed by atoms with Crippen LogP contribution >= 0.6 is 11.6 Å². The number of isocyanates is 1. The second kappa shape index (κ2) is 8.26. The van der Waals surface area contributed by atoms with Crippen LogP contribution in [0.2, 0.25) is 5.02 Å². The molecule has 1 aromatic heterocycles. The fourth-order valence-corrected chi connectivity index (χ4v) is 3.98. The molecule has 2 atom stereocenters. The SMILES string of the molecule is CC(C)(C)OC(=O)N1CCC(OC(C)(C)C)(c2nc3ccc(Cl)cc3[nH]2)CC1N=C=O. The number of hydrogen-bond donors (Lipinski definition) is 1. The zero-order valence-corrected chi connectivity index (χ0v) is 19.5. The summed E-state index contributed by atoms with van der Waals surface area (Å²) in [5, 5.41) is 0.594. The molecule has 168 valence electrons. The number of amides is 1. The number of hydrogen-bond acceptors (Lipinski definition) is 6. The fraction of sp³-hybridized carbons (Fsp3) is 0.591. The molecule has 3 rings (SSSR count). The van der Waals surface area contributed by atoms with Crippen molar-refractivity contribution in [2.45, 2.75) is 77.4 Å². The lowest BCUT2D eigenvalue weighted by atomic mass is 9.87. The summed E-state index contributed by atoms with van der Waals surface area (Å²) in [7, 11) is 0. The van der Waals surface area contributed by atoms with Gasteiger partial charge in [0, 0.05) is 24.4 Å². The third-order valence-electron chi connectivity index (χ3n) is 4.84. The van der Waals surface area contributed by atoms with Crippen LogP contribution < -0.4 is 0 Å². The predicted molar refractivity (Wildman–Crippen MR) is 118 cm³/mol. The first-order valence-corrected chi connectivity index (χ1v) is 10.6. The number of piperidine rings is 1. The van der Waals surface area contributed by atoms with Crippen LogP contribution in [0.1, 0.15) is 60.2 Å². The number of aromatic amines is 1. The number of carbonyl (C=O) groups excluding carboxylic acids is 2. The van der Waals surface area contributed by atoms with Gasteiger partial charge in [0.2, 0.25) is 6.08 Å². The summed E-state index contributed by atoms with van der Waals surface area (Å²) in [6.07, 6.45) is 0.946. The molecule has 0 saturated carbocycles. The molecule has 2 unspecified atom stereocenters. The van der Waals surface area contributed by atoms with Gasteiger partial charge in [-0.05, 0) is 59.7 Å². The molecule has 1 aliphatic rings. The lowest BCUT2D eigenvalue weighted by Gasteiger charge is -2.46. The highest BCUT2D eigenvalue weighted by Gasteiger charge is 2.48. The van der Waals surface area contributed by atoms with E-state index in [1.165, 1.54) is 4.90 Å². The maximum atomic E-state index is 12.7. The normalized spacial score (nSPS) is 22.3. The van der Waals surface area contributed by atoms with Crippen molar-refractivity contribution in [2.75, 3.05) is 6.54 Å². The maximum Gasteiger partial charge on any atom is 0.412 e. The van der Waals surface area contributed by atoms with Gasteiger partial charge in [-0.1, -0.05) is 11.6 Å². The molecule has 1 N–H and O–H groups in total. The average Bonchev–Trinajstić information content (AvgIpc) is 3.03. The summed E-state index contributed by atoms with van der Waals surface area (Å²) in [6.45, 7) is 11.5. The molecule has 1 amide bonds. The molecule has 0 spiro atoms. The first-order chi connectivity index (χ1) is 14.3. The standard InChI is InChI=1S/C22H29ClN4O4/c1-20(2,3)30-19(29)27-10-9-22(31-21(4,5)6,12-17(27)24-13-28)18-25-15-8-7-14(23)11-16(15)26-18/h7-8,11,17H,9-10,12H2,1-6H3,(H,25,26). The summed E-state index contributed by atoms with van der Waals surface area (Å²) in [6, 6.07) is 5.41. The molecular formula is C22H29ClN4O4. The number of nitrogens with zero attached hydrogens (tertiary/aromatic N) is 3. The maximum absolute atomic E-state index is 12.7. The molecule has 2 aromatic rings. The van der Waals surface area contributed by atoms with Gasteiger partial charge in [-0.2, -0.15) is 4.99 Å². The molecular weight excluding hydrogens is 420 g/mol. The van der Waals surface area contributed by atoms with Crippen LogP contribution in [0, 0.1) is 0 Å². The van der Waals surface area contributed by atoms with Crippen molar-refractivity contribution in [3.05, 3.63) is 29.0 Å². The van der Waals surface area contributed by atoms with Gasteiger partial charge >= 0.3 is 6.09 Å². The highest BCUT2D eigenvalue weighted by atomic mass is 35.5. The summed E-state index contributed by atoms with van der Waals surface area (Å²) in [5.74, 6) is 0.606. The third-order valence-corrected chi connectivity index (χ3v) is 5.07. The van der Waals surface area contributed by atoms with Gasteiger partial charge < -0.3 is 14.5 Å². The molecule has 0 radical (unpaired) electrons. The Kier molecular flexibility index (Phi) is 6.20. The quantitative estimate of drug-likeness (QED) is 0.531. The average molecular weight is 449 g/mol. The number of halogens is 1. The monoisotopic (exact) mass is 448 g/mol. The number of rotatable bonds is 3. The largest absolute Gasteiger partial charge is 0.444 e. The fourth-order valence-electron chi connectivity index (χ4n) is 3.81. The zero-order valence-electron chi connectivity index (χ0n) is 18.8. The Morgan fingerprint density at radius 3 is 2.61 bits per heavy atom. The summed E-state index contributed by atoms with van der Waals surface area (Å²) < 4.78 is 12.0. The number of nitrogens with one attached hydrogen (secondary N) is 1. The number of fused-ring (bicyclic) bond motifs is 1. The van der Waals surface area contributed by atoms with Crippen molar-refractivity contribution in [3.63, 3.8) is 0 Å². The van der Waals surface area contributed by atoms with Gasteiger partial charge in [0.15, 0.2) is 0 Å². The number of carbonyl (C=O) groups is 1. The van der Waals surface area contributed by atoms with Gasteiger partial charge in [0.1, 0.15) is 23.2 Å². The number of likely N-dealkylation sites (tertiary alicyclic amines) is 1. The molecule has 0 bridgehead atoms. The van der Waals surface area contributed by atoms with Gasteiger partial charge in [0.05, 0.1) is 16.6 Å². The van der Waals surface area contributed by atoms with Crippen LogP contribution in [0.15, 0.2) is 23.2 Å². The Balaban J connectivity index is 2.02. The molecule has 31 heavy (non-hydrogen) atoms. The van der Waals surface area contributed by atoms with Crippen LogP contribution in [-0.2, 0) is 19.9 Å². The van der Waals surface area contributed by atoms with Crippen LogP contribution in [0.5, 0.6) is 0 Å². The highest BCUT2D eigenvalue weighted by molar-refractivity contribution is 6.31. The molecule has 8 nitrogen and oxygen atoms in total. The Morgan fingerprint density at radius 2 is 2.00 bits per heavy atom. The van der Waals surface area contributed by atoms with Crippen LogP contribution in [-0.4, -0.2) is 51.0 Å². The second-order valence-electron chi connectivity index (χ2n) is 9.78. The highest BCUT2D eigenvalue weighted by Crippen LogP contribution is 2.42. The predicted octanol–water partition coefficient (Wildman–Crippen LogP) is 4.92. The van der Waals surface area contributed by atoms with E-state index in [1.807, 2.05) is 26.8 Å². The minimum Gasteiger partial charge on any atom is -0.444 e. The van der Waals surface area contributed by atoms with Gasteiger partial charge in [-0.3, -0.25) is 4.90 Å². The van der Waals surface area contributed by atoms with E-state index in [4.69, 9.17) is 26.1 Å². The van der Waals surface area contributed by atoms with E-state index in [2.05, 4.69) is 9.98 Å². The molecule has 1 aliphatic heterocycles. The van der Waals surface area contributed by atoms with E-state index in [1.54, 1.807) is 39.0 Å². The molecule has 9 heteroatoms. The number of aliphatic imine (C=N–C) groups is 1. The molecule has 1 saturated heterocycles. The van der Waals surface area contributed by atoms with E-state index >= 15 is 0 Å². The number of imidazole rings is 1. The number of aromatic nitrogens is 2. The van der Waals surface area contributed by atoms with Crippen molar-refractivity contribution in [2.24, 2.45) is 4.99 Å². The van der Waals surface area contributed by atoms with Crippen molar-refractivity contribution < 1.29 is 19.1 Å². The summed E-state index contributed by atoms with van der Waals surface area (Å²) in [5.41, 5.74) is -0.542. The van der Waals surface area contributed by atoms with Gasteiger partial charge in [-0.15, -0.1) is 0 Å². The van der Waals surface area contributed by atoms with E-state index in [0.29, 0.717) is 17.3 Å². The Labute approximate surface area is 187 Å².